The molecule has 0 saturated heterocycles. The minimum Gasteiger partial charge on any atom is -0.354 e. The Morgan fingerprint density at radius 3 is 2.34 bits per heavy atom. The number of carbonyl (C=O) groups is 2. The quantitative estimate of drug-likeness (QED) is 0.330. The smallest absolute Gasteiger partial charge is 0.264 e. The Morgan fingerprint density at radius 1 is 0.974 bits per heavy atom. The first-order valence-corrected chi connectivity index (χ1v) is 14.4. The fourth-order valence-corrected chi connectivity index (χ4v) is 5.78. The molecule has 0 aromatic heterocycles. The van der Waals surface area contributed by atoms with Crippen LogP contribution in [0.5, 0.6) is 0 Å². The van der Waals surface area contributed by atoms with Crippen LogP contribution in [0.1, 0.15) is 31.4 Å². The number of amides is 2. The average molecular weight is 577 g/mol. The number of halogens is 2. The molecule has 0 saturated carbocycles. The Kier molecular flexibility index (Phi) is 10.2. The molecule has 7 nitrogen and oxygen atoms in total. The Hall–Kier alpha value is -3.07. The lowest BCUT2D eigenvalue weighted by molar-refractivity contribution is -0.139. The van der Waals surface area contributed by atoms with Crippen LogP contribution < -0.4 is 9.62 Å². The van der Waals surface area contributed by atoms with Crippen LogP contribution in [0.2, 0.25) is 10.0 Å². The maximum absolute atomic E-state index is 13.9. The van der Waals surface area contributed by atoms with Crippen LogP contribution in [-0.4, -0.2) is 44.3 Å². The van der Waals surface area contributed by atoms with E-state index in [1.54, 1.807) is 25.1 Å². The molecule has 3 aromatic rings. The summed E-state index contributed by atoms with van der Waals surface area (Å²) in [5, 5.41) is 3.19. The van der Waals surface area contributed by atoms with Gasteiger partial charge in [0.1, 0.15) is 12.6 Å². The number of aryl methyl sites for hydroxylation is 1. The number of anilines is 1. The van der Waals surface area contributed by atoms with Gasteiger partial charge in [-0.2, -0.15) is 0 Å². The van der Waals surface area contributed by atoms with Gasteiger partial charge < -0.3 is 10.2 Å². The summed E-state index contributed by atoms with van der Waals surface area (Å²) < 4.78 is 28.5. The summed E-state index contributed by atoms with van der Waals surface area (Å²) in [4.78, 5) is 28.1. The largest absolute Gasteiger partial charge is 0.354 e. The van der Waals surface area contributed by atoms with Gasteiger partial charge in [0.05, 0.1) is 15.6 Å². The van der Waals surface area contributed by atoms with Gasteiger partial charge in [0.15, 0.2) is 0 Å². The van der Waals surface area contributed by atoms with Crippen LogP contribution in [0.25, 0.3) is 0 Å². The van der Waals surface area contributed by atoms with Gasteiger partial charge in [0.2, 0.25) is 11.8 Å². The van der Waals surface area contributed by atoms with Crippen molar-refractivity contribution in [3.8, 4) is 0 Å². The third-order valence-electron chi connectivity index (χ3n) is 5.94. The van der Waals surface area contributed by atoms with E-state index in [4.69, 9.17) is 23.2 Å². The Balaban J connectivity index is 2.05. The van der Waals surface area contributed by atoms with Gasteiger partial charge in [-0.15, -0.1) is 0 Å². The highest BCUT2D eigenvalue weighted by atomic mass is 35.5. The molecule has 3 aromatic carbocycles. The minimum absolute atomic E-state index is 0.0113. The second-order valence-corrected chi connectivity index (χ2v) is 11.6. The van der Waals surface area contributed by atoms with Crippen molar-refractivity contribution in [2.45, 2.75) is 44.7 Å². The van der Waals surface area contributed by atoms with Crippen molar-refractivity contribution in [1.82, 2.24) is 10.2 Å². The Labute approximate surface area is 234 Å². The summed E-state index contributed by atoms with van der Waals surface area (Å²) in [5.41, 5.74) is 1.87. The maximum atomic E-state index is 13.9. The van der Waals surface area contributed by atoms with Gasteiger partial charge in [-0.25, -0.2) is 8.42 Å². The molecule has 0 aliphatic rings. The highest BCUT2D eigenvalue weighted by Crippen LogP contribution is 2.33. The molecule has 2 amide bonds. The van der Waals surface area contributed by atoms with Crippen LogP contribution in [0.15, 0.2) is 77.7 Å². The molecule has 38 heavy (non-hydrogen) atoms. The SMILES string of the molecule is CCCNC(=O)C(C)N(Cc1cccc(C)c1)C(=O)CN(c1cc(Cl)ccc1Cl)S(=O)(=O)c1ccccc1. The molecular formula is C28H31Cl2N3O4S. The summed E-state index contributed by atoms with van der Waals surface area (Å²) >= 11 is 12.6. The zero-order valence-corrected chi connectivity index (χ0v) is 23.9. The molecule has 1 N–H and O–H groups in total. The molecule has 0 radical (unpaired) electrons. The summed E-state index contributed by atoms with van der Waals surface area (Å²) in [6, 6.07) is 18.9. The van der Waals surface area contributed by atoms with Crippen molar-refractivity contribution in [2.24, 2.45) is 0 Å². The van der Waals surface area contributed by atoms with Crippen molar-refractivity contribution >= 4 is 50.7 Å². The summed E-state index contributed by atoms with van der Waals surface area (Å²) in [7, 11) is -4.22. The minimum atomic E-state index is -4.22. The number of hydrogen-bond acceptors (Lipinski definition) is 4. The fraction of sp³-hybridized carbons (Fsp3) is 0.286. The predicted molar refractivity (Wildman–Crippen MR) is 152 cm³/mol. The first-order valence-electron chi connectivity index (χ1n) is 12.2. The van der Waals surface area contributed by atoms with Crippen molar-refractivity contribution in [2.75, 3.05) is 17.4 Å². The van der Waals surface area contributed by atoms with Crippen LogP contribution in [0.3, 0.4) is 0 Å². The van der Waals surface area contributed by atoms with E-state index in [2.05, 4.69) is 5.32 Å². The lowest BCUT2D eigenvalue weighted by Crippen LogP contribution is -2.51. The number of nitrogens with zero attached hydrogens (tertiary/aromatic N) is 2. The monoisotopic (exact) mass is 575 g/mol. The number of rotatable bonds is 11. The predicted octanol–water partition coefficient (Wildman–Crippen LogP) is 5.44. The fourth-order valence-electron chi connectivity index (χ4n) is 3.90. The molecule has 0 aliphatic carbocycles. The van der Waals surface area contributed by atoms with Crippen molar-refractivity contribution in [1.29, 1.82) is 0 Å². The zero-order valence-electron chi connectivity index (χ0n) is 21.5. The maximum Gasteiger partial charge on any atom is 0.264 e. The van der Waals surface area contributed by atoms with Crippen LogP contribution in [-0.2, 0) is 26.2 Å². The van der Waals surface area contributed by atoms with Gasteiger partial charge in [-0.05, 0) is 56.2 Å². The number of benzene rings is 3. The second-order valence-electron chi connectivity index (χ2n) is 8.90. The van der Waals surface area contributed by atoms with Gasteiger partial charge in [-0.3, -0.25) is 13.9 Å². The van der Waals surface area contributed by atoms with E-state index in [-0.39, 0.29) is 33.1 Å². The lowest BCUT2D eigenvalue weighted by atomic mass is 10.1. The van der Waals surface area contributed by atoms with Gasteiger partial charge in [-0.1, -0.05) is 78.2 Å². The molecule has 0 spiro atoms. The highest BCUT2D eigenvalue weighted by molar-refractivity contribution is 7.92. The lowest BCUT2D eigenvalue weighted by Gasteiger charge is -2.32. The van der Waals surface area contributed by atoms with E-state index in [1.807, 2.05) is 38.1 Å². The van der Waals surface area contributed by atoms with E-state index < -0.39 is 28.5 Å². The van der Waals surface area contributed by atoms with Gasteiger partial charge >= 0.3 is 0 Å². The molecule has 0 aliphatic heterocycles. The molecular weight excluding hydrogens is 545 g/mol. The highest BCUT2D eigenvalue weighted by Gasteiger charge is 2.33. The third kappa shape index (κ3) is 7.28. The number of hydrogen-bond donors (Lipinski definition) is 1. The molecule has 1 atom stereocenters. The van der Waals surface area contributed by atoms with E-state index in [9.17, 15) is 18.0 Å². The molecule has 1 unspecified atom stereocenters. The van der Waals surface area contributed by atoms with Gasteiger partial charge in [0, 0.05) is 18.1 Å². The third-order valence-corrected chi connectivity index (χ3v) is 8.27. The summed E-state index contributed by atoms with van der Waals surface area (Å²) in [5.74, 6) is -0.896. The molecule has 0 heterocycles. The van der Waals surface area contributed by atoms with E-state index in [0.717, 1.165) is 21.9 Å². The number of nitrogens with one attached hydrogen (secondary N) is 1. The standard InChI is InChI=1S/C28H31Cl2N3O4S/c1-4-15-31-28(35)21(3)32(18-22-10-8-9-20(2)16-22)27(34)19-33(26-17-23(29)13-14-25(26)30)38(36,37)24-11-6-5-7-12-24/h5-14,16-17,21H,4,15,18-19H2,1-3H3,(H,31,35). The van der Waals surface area contributed by atoms with Gasteiger partial charge in [0.25, 0.3) is 10.0 Å². The van der Waals surface area contributed by atoms with Crippen LogP contribution in [0, 0.1) is 6.92 Å². The summed E-state index contributed by atoms with van der Waals surface area (Å²) in [6.07, 6.45) is 0.737. The molecule has 0 fully saturated rings. The Morgan fingerprint density at radius 2 is 1.68 bits per heavy atom. The second kappa shape index (κ2) is 13.1. The van der Waals surface area contributed by atoms with Crippen molar-refractivity contribution in [3.63, 3.8) is 0 Å². The van der Waals surface area contributed by atoms with E-state index in [1.165, 1.54) is 35.2 Å². The number of sulfonamides is 1. The summed E-state index contributed by atoms with van der Waals surface area (Å²) in [6.45, 7) is 5.48. The Bertz CT molecular complexity index is 1380. The normalized spacial score (nSPS) is 12.0. The first-order chi connectivity index (χ1) is 18.0. The van der Waals surface area contributed by atoms with Crippen LogP contribution in [0.4, 0.5) is 5.69 Å². The molecule has 0 bridgehead atoms. The van der Waals surface area contributed by atoms with Crippen molar-refractivity contribution < 1.29 is 18.0 Å². The van der Waals surface area contributed by atoms with Crippen LogP contribution >= 0.6 is 23.2 Å². The van der Waals surface area contributed by atoms with Crippen molar-refractivity contribution in [3.05, 3.63) is 94.0 Å². The first kappa shape index (κ1) is 29.5. The average Bonchev–Trinajstić information content (AvgIpc) is 2.90. The molecule has 10 heteroatoms. The topological polar surface area (TPSA) is 86.8 Å². The zero-order chi connectivity index (χ0) is 27.9. The molecule has 202 valence electrons. The van der Waals surface area contributed by atoms with E-state index in [0.29, 0.717) is 6.54 Å². The number of carbonyl (C=O) groups excluding carboxylic acids is 2. The van der Waals surface area contributed by atoms with E-state index >= 15 is 0 Å². The molecule has 3 rings (SSSR count).